The zero-order valence-corrected chi connectivity index (χ0v) is 15.8. The van der Waals surface area contributed by atoms with Gasteiger partial charge in [0.05, 0.1) is 5.69 Å². The number of aliphatic imine (C=N–C) groups is 1. The van der Waals surface area contributed by atoms with Crippen LogP contribution in [0.25, 0.3) is 5.69 Å². The van der Waals surface area contributed by atoms with Crippen LogP contribution in [0.4, 0.5) is 0 Å². The van der Waals surface area contributed by atoms with Crippen molar-refractivity contribution >= 4 is 11.9 Å². The Kier molecular flexibility index (Phi) is 6.41. The first-order valence-electron chi connectivity index (χ1n) is 9.08. The highest BCUT2D eigenvalue weighted by Gasteiger charge is 2.03. The molecule has 2 aromatic carbocycles. The minimum atomic E-state index is -0.428. The molecule has 0 spiro atoms. The van der Waals surface area contributed by atoms with Crippen LogP contribution in [0.3, 0.4) is 0 Å². The van der Waals surface area contributed by atoms with Gasteiger partial charge in [0.15, 0.2) is 5.96 Å². The molecular weight excluding hydrogens is 352 g/mol. The van der Waals surface area contributed by atoms with E-state index in [1.165, 1.54) is 5.56 Å². The molecule has 3 rings (SSSR count). The third kappa shape index (κ3) is 5.20. The summed E-state index contributed by atoms with van der Waals surface area (Å²) in [4.78, 5) is 15.5. The van der Waals surface area contributed by atoms with Gasteiger partial charge in [0.1, 0.15) is 0 Å². The number of rotatable bonds is 7. The third-order valence-corrected chi connectivity index (χ3v) is 4.31. The molecule has 0 saturated carbocycles. The Hall–Kier alpha value is -3.61. The van der Waals surface area contributed by atoms with Crippen LogP contribution in [0, 0.1) is 0 Å². The summed E-state index contributed by atoms with van der Waals surface area (Å²) in [6, 6.07) is 17.5. The van der Waals surface area contributed by atoms with Crippen molar-refractivity contribution in [2.75, 3.05) is 13.6 Å². The smallest absolute Gasteiger partial charge is 0.248 e. The second-order valence-electron chi connectivity index (χ2n) is 6.28. The van der Waals surface area contributed by atoms with Gasteiger partial charge in [-0.1, -0.05) is 24.3 Å². The van der Waals surface area contributed by atoms with E-state index < -0.39 is 5.91 Å². The Morgan fingerprint density at radius 2 is 1.93 bits per heavy atom. The number of amides is 1. The van der Waals surface area contributed by atoms with Crippen LogP contribution in [0.15, 0.2) is 72.0 Å². The lowest BCUT2D eigenvalue weighted by molar-refractivity contribution is 0.1000. The molecule has 0 aliphatic rings. The molecule has 0 bridgehead atoms. The highest BCUT2D eigenvalue weighted by molar-refractivity contribution is 5.92. The number of nitrogens with zero attached hydrogens (tertiary/aromatic N) is 3. The van der Waals surface area contributed by atoms with E-state index in [1.54, 1.807) is 25.4 Å². The van der Waals surface area contributed by atoms with E-state index in [2.05, 4.69) is 45.0 Å². The summed E-state index contributed by atoms with van der Waals surface area (Å²) in [5, 5.41) is 10.8. The summed E-state index contributed by atoms with van der Waals surface area (Å²) in [5.41, 5.74) is 9.06. The molecule has 7 heteroatoms. The fourth-order valence-corrected chi connectivity index (χ4v) is 2.80. The molecular formula is C21H24N6O. The van der Waals surface area contributed by atoms with Gasteiger partial charge in [0, 0.05) is 38.1 Å². The van der Waals surface area contributed by atoms with Crippen LogP contribution in [-0.4, -0.2) is 35.2 Å². The number of benzene rings is 2. The summed E-state index contributed by atoms with van der Waals surface area (Å²) in [6.07, 6.45) is 4.56. The van der Waals surface area contributed by atoms with Crippen LogP contribution in [-0.2, 0) is 13.0 Å². The van der Waals surface area contributed by atoms with E-state index in [-0.39, 0.29) is 0 Å². The van der Waals surface area contributed by atoms with Gasteiger partial charge in [-0.2, -0.15) is 5.10 Å². The van der Waals surface area contributed by atoms with Crippen LogP contribution in [0.1, 0.15) is 21.5 Å². The van der Waals surface area contributed by atoms with Crippen molar-refractivity contribution < 1.29 is 4.79 Å². The predicted octanol–water partition coefficient (Wildman–Crippen LogP) is 1.88. The van der Waals surface area contributed by atoms with Gasteiger partial charge < -0.3 is 16.4 Å². The van der Waals surface area contributed by atoms with Crippen molar-refractivity contribution in [3.63, 3.8) is 0 Å². The van der Waals surface area contributed by atoms with Crippen molar-refractivity contribution in [3.05, 3.63) is 83.7 Å². The second kappa shape index (κ2) is 9.36. The molecule has 0 aliphatic carbocycles. The summed E-state index contributed by atoms with van der Waals surface area (Å²) in [7, 11) is 1.73. The molecule has 0 saturated heterocycles. The SMILES string of the molecule is CN=C(NCCc1ccc(-n2cccn2)cc1)NCc1cccc(C(N)=O)c1. The average molecular weight is 376 g/mol. The van der Waals surface area contributed by atoms with Crippen molar-refractivity contribution in [1.82, 2.24) is 20.4 Å². The summed E-state index contributed by atoms with van der Waals surface area (Å²) in [6.45, 7) is 1.31. The number of hydrogen-bond donors (Lipinski definition) is 3. The van der Waals surface area contributed by atoms with Gasteiger partial charge in [0.2, 0.25) is 5.91 Å². The summed E-state index contributed by atoms with van der Waals surface area (Å²) in [5.74, 6) is 0.278. The maximum absolute atomic E-state index is 11.3. The van der Waals surface area contributed by atoms with Crippen LogP contribution in [0.5, 0.6) is 0 Å². The lowest BCUT2D eigenvalue weighted by Crippen LogP contribution is -2.37. The minimum Gasteiger partial charge on any atom is -0.366 e. The molecule has 1 aromatic heterocycles. The number of nitrogens with two attached hydrogens (primary N) is 1. The first-order valence-corrected chi connectivity index (χ1v) is 9.08. The second-order valence-corrected chi connectivity index (χ2v) is 6.28. The van der Waals surface area contributed by atoms with Crippen LogP contribution < -0.4 is 16.4 Å². The van der Waals surface area contributed by atoms with Gasteiger partial charge in [-0.05, 0) is 47.9 Å². The number of primary amides is 1. The van der Waals surface area contributed by atoms with Crippen molar-refractivity contribution in [1.29, 1.82) is 0 Å². The van der Waals surface area contributed by atoms with Crippen LogP contribution >= 0.6 is 0 Å². The molecule has 0 fully saturated rings. The first-order chi connectivity index (χ1) is 13.7. The highest BCUT2D eigenvalue weighted by atomic mass is 16.1. The van der Waals surface area contributed by atoms with Crippen molar-refractivity contribution in [2.24, 2.45) is 10.7 Å². The predicted molar refractivity (Wildman–Crippen MR) is 110 cm³/mol. The molecule has 1 amide bonds. The van der Waals surface area contributed by atoms with Gasteiger partial charge in [-0.25, -0.2) is 4.68 Å². The van der Waals surface area contributed by atoms with Gasteiger partial charge in [-0.15, -0.1) is 0 Å². The average Bonchev–Trinajstić information content (AvgIpc) is 3.26. The van der Waals surface area contributed by atoms with Gasteiger partial charge >= 0.3 is 0 Å². The quantitative estimate of drug-likeness (QED) is 0.433. The molecule has 0 unspecified atom stereocenters. The van der Waals surface area contributed by atoms with E-state index in [1.807, 2.05) is 29.1 Å². The largest absolute Gasteiger partial charge is 0.366 e. The number of carbonyl (C=O) groups is 1. The van der Waals surface area contributed by atoms with E-state index in [0.717, 1.165) is 24.2 Å². The first kappa shape index (κ1) is 19.2. The van der Waals surface area contributed by atoms with Gasteiger partial charge in [0.25, 0.3) is 0 Å². The Morgan fingerprint density at radius 3 is 2.61 bits per heavy atom. The Morgan fingerprint density at radius 1 is 1.11 bits per heavy atom. The monoisotopic (exact) mass is 376 g/mol. The number of carbonyl (C=O) groups excluding carboxylic acids is 1. The standard InChI is InChI=1S/C21H24N6O/c1-23-21(25-15-17-4-2-5-18(14-17)20(22)28)24-12-10-16-6-8-19(9-7-16)27-13-3-11-26-27/h2-9,11,13-14H,10,12,15H2,1H3,(H2,22,28)(H2,23,24,25). The number of aromatic nitrogens is 2. The Bertz CT molecular complexity index is 932. The van der Waals surface area contributed by atoms with Crippen LogP contribution in [0.2, 0.25) is 0 Å². The summed E-state index contributed by atoms with van der Waals surface area (Å²) >= 11 is 0. The van der Waals surface area contributed by atoms with E-state index in [4.69, 9.17) is 5.73 Å². The topological polar surface area (TPSA) is 97.3 Å². The molecule has 1 heterocycles. The van der Waals surface area contributed by atoms with Crippen molar-refractivity contribution in [2.45, 2.75) is 13.0 Å². The van der Waals surface area contributed by atoms with Crippen molar-refractivity contribution in [3.8, 4) is 5.69 Å². The molecule has 4 N–H and O–H groups in total. The normalized spacial score (nSPS) is 11.2. The molecule has 7 nitrogen and oxygen atoms in total. The number of hydrogen-bond acceptors (Lipinski definition) is 3. The Balaban J connectivity index is 1.46. The zero-order chi connectivity index (χ0) is 19.8. The third-order valence-electron chi connectivity index (χ3n) is 4.31. The summed E-state index contributed by atoms with van der Waals surface area (Å²) < 4.78 is 1.83. The highest BCUT2D eigenvalue weighted by Crippen LogP contribution is 2.09. The number of guanidine groups is 1. The Labute approximate surface area is 164 Å². The fourth-order valence-electron chi connectivity index (χ4n) is 2.80. The molecule has 0 aliphatic heterocycles. The fraction of sp³-hybridized carbons (Fsp3) is 0.190. The molecule has 0 radical (unpaired) electrons. The maximum Gasteiger partial charge on any atom is 0.248 e. The van der Waals surface area contributed by atoms with E-state index >= 15 is 0 Å². The minimum absolute atomic E-state index is 0.428. The molecule has 28 heavy (non-hydrogen) atoms. The molecule has 3 aromatic rings. The van der Waals surface area contributed by atoms with Gasteiger partial charge in [-0.3, -0.25) is 9.79 Å². The molecule has 0 atom stereocenters. The lowest BCUT2D eigenvalue weighted by atomic mass is 10.1. The van der Waals surface area contributed by atoms with E-state index in [0.29, 0.717) is 18.1 Å². The number of nitrogens with one attached hydrogen (secondary N) is 2. The molecule has 144 valence electrons. The van der Waals surface area contributed by atoms with E-state index in [9.17, 15) is 4.79 Å². The maximum atomic E-state index is 11.3. The lowest BCUT2D eigenvalue weighted by Gasteiger charge is -2.12. The zero-order valence-electron chi connectivity index (χ0n) is 15.8.